The Morgan fingerprint density at radius 1 is 1.24 bits per heavy atom. The molecule has 0 unspecified atom stereocenters. The van der Waals surface area contributed by atoms with E-state index in [0.29, 0.717) is 5.56 Å². The van der Waals surface area contributed by atoms with E-state index in [1.54, 1.807) is 16.4 Å². The highest BCUT2D eigenvalue weighted by Crippen LogP contribution is 2.31. The second-order valence-electron chi connectivity index (χ2n) is 3.92. The van der Waals surface area contributed by atoms with Gasteiger partial charge in [-0.15, -0.1) is 0 Å². The van der Waals surface area contributed by atoms with E-state index in [4.69, 9.17) is 5.26 Å². The van der Waals surface area contributed by atoms with Gasteiger partial charge < -0.3 is 0 Å². The van der Waals surface area contributed by atoms with Crippen molar-refractivity contribution >= 4 is 11.8 Å². The summed E-state index contributed by atoms with van der Waals surface area (Å²) in [6.07, 6.45) is 0. The highest BCUT2D eigenvalue weighted by molar-refractivity contribution is 7.99. The van der Waals surface area contributed by atoms with Crippen molar-refractivity contribution in [2.24, 2.45) is 7.05 Å². The SMILES string of the molecule is Cc1ccc(Sc2c(C#N)c(C)nn2C)cc1. The van der Waals surface area contributed by atoms with Crippen molar-refractivity contribution in [2.45, 2.75) is 23.8 Å². The maximum atomic E-state index is 9.12. The summed E-state index contributed by atoms with van der Waals surface area (Å²) in [5.41, 5.74) is 2.68. The third kappa shape index (κ3) is 2.34. The number of aromatic nitrogens is 2. The monoisotopic (exact) mass is 243 g/mol. The van der Waals surface area contributed by atoms with Crippen LogP contribution in [0.4, 0.5) is 0 Å². The van der Waals surface area contributed by atoms with E-state index < -0.39 is 0 Å². The zero-order chi connectivity index (χ0) is 12.4. The van der Waals surface area contributed by atoms with Crippen LogP contribution in [0.1, 0.15) is 16.8 Å². The molecule has 0 amide bonds. The summed E-state index contributed by atoms with van der Waals surface area (Å²) < 4.78 is 1.76. The molecule has 0 aliphatic heterocycles. The molecule has 0 saturated carbocycles. The van der Waals surface area contributed by atoms with E-state index in [1.165, 1.54) is 5.56 Å². The average Bonchev–Trinajstić information content (AvgIpc) is 2.57. The van der Waals surface area contributed by atoms with Crippen LogP contribution in [-0.4, -0.2) is 9.78 Å². The highest BCUT2D eigenvalue weighted by atomic mass is 32.2. The number of hydrogen-bond acceptors (Lipinski definition) is 3. The Balaban J connectivity index is 2.36. The van der Waals surface area contributed by atoms with Crippen molar-refractivity contribution in [1.82, 2.24) is 9.78 Å². The van der Waals surface area contributed by atoms with E-state index in [0.717, 1.165) is 15.6 Å². The lowest BCUT2D eigenvalue weighted by atomic mass is 10.2. The summed E-state index contributed by atoms with van der Waals surface area (Å²) in [6.45, 7) is 3.92. The van der Waals surface area contributed by atoms with Gasteiger partial charge in [0.25, 0.3) is 0 Å². The van der Waals surface area contributed by atoms with E-state index in [1.807, 2.05) is 14.0 Å². The third-order valence-electron chi connectivity index (χ3n) is 2.52. The van der Waals surface area contributed by atoms with Crippen LogP contribution in [0.2, 0.25) is 0 Å². The van der Waals surface area contributed by atoms with Crippen LogP contribution < -0.4 is 0 Å². The van der Waals surface area contributed by atoms with Crippen LogP contribution in [0.15, 0.2) is 34.2 Å². The Morgan fingerprint density at radius 3 is 2.47 bits per heavy atom. The Bertz CT molecular complexity index is 576. The third-order valence-corrected chi connectivity index (χ3v) is 3.69. The van der Waals surface area contributed by atoms with E-state index >= 15 is 0 Å². The van der Waals surface area contributed by atoms with Crippen LogP contribution in [0.5, 0.6) is 0 Å². The van der Waals surface area contributed by atoms with E-state index in [9.17, 15) is 0 Å². The first-order chi connectivity index (χ1) is 8.11. The molecule has 0 aliphatic rings. The maximum Gasteiger partial charge on any atom is 0.117 e. The fourth-order valence-electron chi connectivity index (χ4n) is 1.60. The van der Waals surface area contributed by atoms with Gasteiger partial charge in [-0.25, -0.2) is 0 Å². The molecule has 2 aromatic rings. The Hall–Kier alpha value is -1.73. The summed E-state index contributed by atoms with van der Waals surface area (Å²) >= 11 is 1.57. The molecule has 2 rings (SSSR count). The van der Waals surface area contributed by atoms with Gasteiger partial charge in [-0.2, -0.15) is 10.4 Å². The van der Waals surface area contributed by atoms with Gasteiger partial charge in [-0.3, -0.25) is 4.68 Å². The zero-order valence-corrected chi connectivity index (χ0v) is 10.9. The van der Waals surface area contributed by atoms with Gasteiger partial charge in [0.1, 0.15) is 16.7 Å². The summed E-state index contributed by atoms with van der Waals surface area (Å²) in [5, 5.41) is 14.3. The highest BCUT2D eigenvalue weighted by Gasteiger charge is 2.13. The first kappa shape index (κ1) is 11.7. The molecule has 0 spiro atoms. The quantitative estimate of drug-likeness (QED) is 0.814. The minimum Gasteiger partial charge on any atom is -0.260 e. The molecule has 0 N–H and O–H groups in total. The number of benzene rings is 1. The molecule has 1 aromatic heterocycles. The lowest BCUT2D eigenvalue weighted by molar-refractivity contribution is 0.692. The molecule has 1 aromatic carbocycles. The second kappa shape index (κ2) is 4.64. The zero-order valence-electron chi connectivity index (χ0n) is 10.1. The molecule has 86 valence electrons. The second-order valence-corrected chi connectivity index (χ2v) is 4.98. The van der Waals surface area contributed by atoms with Crippen molar-refractivity contribution in [3.63, 3.8) is 0 Å². The predicted octanol–water partition coefficient (Wildman–Crippen LogP) is 3.06. The first-order valence-corrected chi connectivity index (χ1v) is 6.11. The normalized spacial score (nSPS) is 10.2. The molecular weight excluding hydrogens is 230 g/mol. The molecule has 0 atom stereocenters. The fraction of sp³-hybridized carbons (Fsp3) is 0.231. The lowest BCUT2D eigenvalue weighted by Gasteiger charge is -2.02. The van der Waals surface area contributed by atoms with E-state index in [-0.39, 0.29) is 0 Å². The van der Waals surface area contributed by atoms with Crippen molar-refractivity contribution in [3.8, 4) is 6.07 Å². The largest absolute Gasteiger partial charge is 0.260 e. The molecule has 3 nitrogen and oxygen atoms in total. The van der Waals surface area contributed by atoms with Crippen molar-refractivity contribution in [2.75, 3.05) is 0 Å². The first-order valence-electron chi connectivity index (χ1n) is 5.30. The molecule has 0 fully saturated rings. The molecule has 0 radical (unpaired) electrons. The van der Waals surface area contributed by atoms with Crippen LogP contribution in [0.25, 0.3) is 0 Å². The Labute approximate surface area is 105 Å². The number of nitrogens with zero attached hydrogens (tertiary/aromatic N) is 3. The van der Waals surface area contributed by atoms with Crippen LogP contribution >= 0.6 is 11.8 Å². The van der Waals surface area contributed by atoms with Gasteiger partial charge in [0.2, 0.25) is 0 Å². The van der Waals surface area contributed by atoms with Crippen LogP contribution in [-0.2, 0) is 7.05 Å². The van der Waals surface area contributed by atoms with Gasteiger partial charge in [0.05, 0.1) is 5.69 Å². The van der Waals surface area contributed by atoms with E-state index in [2.05, 4.69) is 42.4 Å². The molecule has 4 heteroatoms. The molecule has 17 heavy (non-hydrogen) atoms. The van der Waals surface area contributed by atoms with Gasteiger partial charge in [0, 0.05) is 11.9 Å². The number of hydrogen-bond donors (Lipinski definition) is 0. The molecule has 1 heterocycles. The van der Waals surface area contributed by atoms with Crippen LogP contribution in [0.3, 0.4) is 0 Å². The minimum absolute atomic E-state index is 0.665. The molecule has 0 bridgehead atoms. The van der Waals surface area contributed by atoms with Gasteiger partial charge >= 0.3 is 0 Å². The van der Waals surface area contributed by atoms with Gasteiger partial charge in [-0.05, 0) is 26.0 Å². The predicted molar refractivity (Wildman–Crippen MR) is 68.0 cm³/mol. The van der Waals surface area contributed by atoms with Gasteiger partial charge in [0.15, 0.2) is 0 Å². The molecular formula is C13H13N3S. The Kier molecular flexibility index (Phi) is 3.21. The van der Waals surface area contributed by atoms with Crippen molar-refractivity contribution in [3.05, 3.63) is 41.1 Å². The smallest absolute Gasteiger partial charge is 0.117 e. The summed E-state index contributed by atoms with van der Waals surface area (Å²) in [5.74, 6) is 0. The molecule has 0 saturated heterocycles. The number of nitriles is 1. The standard InChI is InChI=1S/C13H13N3S/c1-9-4-6-11(7-5-9)17-13-12(8-14)10(2)15-16(13)3/h4-7H,1-3H3. The number of rotatable bonds is 2. The fourth-order valence-corrected chi connectivity index (χ4v) is 2.56. The minimum atomic E-state index is 0.665. The molecule has 0 aliphatic carbocycles. The van der Waals surface area contributed by atoms with Gasteiger partial charge in [-0.1, -0.05) is 29.5 Å². The number of aryl methyl sites for hydroxylation is 3. The topological polar surface area (TPSA) is 41.6 Å². The summed E-state index contributed by atoms with van der Waals surface area (Å²) in [7, 11) is 1.87. The lowest BCUT2D eigenvalue weighted by Crippen LogP contribution is -1.92. The maximum absolute atomic E-state index is 9.12. The van der Waals surface area contributed by atoms with Crippen molar-refractivity contribution < 1.29 is 0 Å². The summed E-state index contributed by atoms with van der Waals surface area (Å²) in [4.78, 5) is 1.12. The summed E-state index contributed by atoms with van der Waals surface area (Å²) in [6, 6.07) is 10.5. The van der Waals surface area contributed by atoms with Crippen molar-refractivity contribution in [1.29, 1.82) is 5.26 Å². The van der Waals surface area contributed by atoms with Crippen LogP contribution in [0, 0.1) is 25.2 Å². The average molecular weight is 243 g/mol. The Morgan fingerprint density at radius 2 is 1.88 bits per heavy atom.